The number of carbonyl (C=O) groups is 1. The molecule has 0 fully saturated rings. The highest BCUT2D eigenvalue weighted by Gasteiger charge is 2.10. The van der Waals surface area contributed by atoms with Crippen LogP contribution in [0.2, 0.25) is 0 Å². The molecule has 0 unspecified atom stereocenters. The first kappa shape index (κ1) is 19.7. The van der Waals surface area contributed by atoms with Crippen molar-refractivity contribution >= 4 is 5.91 Å². The van der Waals surface area contributed by atoms with Gasteiger partial charge < -0.3 is 19.5 Å². The maximum absolute atomic E-state index is 12.2. The molecule has 140 valence electrons. The van der Waals surface area contributed by atoms with Crippen molar-refractivity contribution in [2.75, 3.05) is 20.3 Å². The second-order valence-electron chi connectivity index (χ2n) is 6.69. The highest BCUT2D eigenvalue weighted by molar-refractivity contribution is 5.93. The number of hydrogen-bond acceptors (Lipinski definition) is 5. The molecule has 0 aliphatic carbocycles. The third-order valence-corrected chi connectivity index (χ3v) is 3.50. The summed E-state index contributed by atoms with van der Waals surface area (Å²) in [7, 11) is 1.61. The van der Waals surface area contributed by atoms with Gasteiger partial charge >= 0.3 is 0 Å². The second-order valence-corrected chi connectivity index (χ2v) is 6.69. The summed E-state index contributed by atoms with van der Waals surface area (Å²) in [5.41, 5.74) is 1.19. The van der Waals surface area contributed by atoms with Gasteiger partial charge in [-0.1, -0.05) is 18.2 Å². The fraction of sp³-hybridized carbons (Fsp3) is 0.400. The lowest BCUT2D eigenvalue weighted by molar-refractivity contribution is -0.0168. The van der Waals surface area contributed by atoms with Crippen LogP contribution in [0.3, 0.4) is 0 Å². The van der Waals surface area contributed by atoms with Crippen molar-refractivity contribution < 1.29 is 19.0 Å². The number of pyridine rings is 1. The molecule has 0 spiro atoms. The Kier molecular flexibility index (Phi) is 6.97. The number of carbonyl (C=O) groups excluding carboxylic acids is 1. The van der Waals surface area contributed by atoms with E-state index in [1.54, 1.807) is 19.2 Å². The number of methoxy groups -OCH3 is 1. The molecule has 6 heteroatoms. The van der Waals surface area contributed by atoms with Crippen LogP contribution in [-0.4, -0.2) is 36.8 Å². The molecule has 0 saturated heterocycles. The molecule has 0 atom stereocenters. The predicted molar refractivity (Wildman–Crippen MR) is 99.6 cm³/mol. The Hall–Kier alpha value is -2.60. The Balaban J connectivity index is 1.82. The average Bonchev–Trinajstić information content (AvgIpc) is 2.63. The molecule has 1 aromatic carbocycles. The number of para-hydroxylation sites is 1. The second kappa shape index (κ2) is 9.20. The molecule has 6 nitrogen and oxygen atoms in total. The fourth-order valence-electron chi connectivity index (χ4n) is 2.22. The smallest absolute Gasteiger partial charge is 0.253 e. The van der Waals surface area contributed by atoms with E-state index in [0.29, 0.717) is 31.2 Å². The van der Waals surface area contributed by atoms with Crippen LogP contribution in [0, 0.1) is 0 Å². The van der Waals surface area contributed by atoms with Crippen LogP contribution in [0.1, 0.15) is 36.7 Å². The lowest BCUT2D eigenvalue weighted by Crippen LogP contribution is -2.23. The Bertz CT molecular complexity index is 708. The van der Waals surface area contributed by atoms with Gasteiger partial charge in [-0.2, -0.15) is 0 Å². The monoisotopic (exact) mass is 358 g/mol. The Morgan fingerprint density at radius 2 is 1.88 bits per heavy atom. The Morgan fingerprint density at radius 1 is 1.12 bits per heavy atom. The lowest BCUT2D eigenvalue weighted by Gasteiger charge is -2.19. The minimum atomic E-state index is -0.203. The van der Waals surface area contributed by atoms with Gasteiger partial charge in [-0.25, -0.2) is 4.98 Å². The van der Waals surface area contributed by atoms with Crippen molar-refractivity contribution in [3.63, 3.8) is 0 Å². The van der Waals surface area contributed by atoms with Gasteiger partial charge in [-0.05, 0) is 32.9 Å². The van der Waals surface area contributed by atoms with E-state index in [0.717, 1.165) is 11.3 Å². The van der Waals surface area contributed by atoms with Crippen molar-refractivity contribution in [2.45, 2.75) is 32.9 Å². The molecule has 26 heavy (non-hydrogen) atoms. The number of benzene rings is 1. The van der Waals surface area contributed by atoms with E-state index in [1.165, 1.54) is 6.20 Å². The summed E-state index contributed by atoms with van der Waals surface area (Å²) < 4.78 is 16.4. The van der Waals surface area contributed by atoms with Gasteiger partial charge in [-0.3, -0.25) is 4.79 Å². The van der Waals surface area contributed by atoms with Gasteiger partial charge in [0.2, 0.25) is 5.88 Å². The molecule has 2 rings (SSSR count). The van der Waals surface area contributed by atoms with Gasteiger partial charge in [0.1, 0.15) is 12.4 Å². The summed E-state index contributed by atoms with van der Waals surface area (Å²) in [6, 6.07) is 10.9. The van der Waals surface area contributed by atoms with E-state index in [9.17, 15) is 4.79 Å². The molecular formula is C20H26N2O4. The number of ether oxygens (including phenoxy) is 3. The normalized spacial score (nSPS) is 11.1. The van der Waals surface area contributed by atoms with Crippen LogP contribution in [0.25, 0.3) is 0 Å². The third-order valence-electron chi connectivity index (χ3n) is 3.50. The summed E-state index contributed by atoms with van der Waals surface area (Å²) in [5, 5.41) is 2.86. The van der Waals surface area contributed by atoms with Crippen LogP contribution >= 0.6 is 0 Å². The lowest BCUT2D eigenvalue weighted by atomic mass is 10.2. The molecule has 1 aromatic heterocycles. The SMILES string of the molecule is COc1ccccc1CNC(=O)c1ccc(OCCOC(C)(C)C)nc1. The van der Waals surface area contributed by atoms with E-state index >= 15 is 0 Å². The number of hydrogen-bond donors (Lipinski definition) is 1. The van der Waals surface area contributed by atoms with E-state index in [-0.39, 0.29) is 11.5 Å². The van der Waals surface area contributed by atoms with Crippen molar-refractivity contribution in [3.05, 3.63) is 53.7 Å². The van der Waals surface area contributed by atoms with Crippen molar-refractivity contribution in [1.29, 1.82) is 0 Å². The highest BCUT2D eigenvalue weighted by Crippen LogP contribution is 2.17. The zero-order chi connectivity index (χ0) is 19.0. The van der Waals surface area contributed by atoms with Crippen molar-refractivity contribution in [1.82, 2.24) is 10.3 Å². The minimum absolute atomic E-state index is 0.194. The van der Waals surface area contributed by atoms with E-state index < -0.39 is 0 Å². The number of nitrogens with one attached hydrogen (secondary N) is 1. The predicted octanol–water partition coefficient (Wildman–Crippen LogP) is 3.21. The number of aromatic nitrogens is 1. The number of amides is 1. The topological polar surface area (TPSA) is 69.7 Å². The van der Waals surface area contributed by atoms with E-state index in [1.807, 2.05) is 45.0 Å². The molecule has 0 aliphatic heterocycles. The molecule has 0 radical (unpaired) electrons. The fourth-order valence-corrected chi connectivity index (χ4v) is 2.22. The summed E-state index contributed by atoms with van der Waals surface area (Å²) in [4.78, 5) is 16.4. The van der Waals surface area contributed by atoms with Gasteiger partial charge in [0.25, 0.3) is 5.91 Å². The number of nitrogens with zero attached hydrogens (tertiary/aromatic N) is 1. The maximum atomic E-state index is 12.2. The molecule has 0 saturated carbocycles. The molecule has 1 heterocycles. The average molecular weight is 358 g/mol. The third kappa shape index (κ3) is 6.37. The summed E-state index contributed by atoms with van der Waals surface area (Å²) in [5.74, 6) is 1.00. The summed E-state index contributed by atoms with van der Waals surface area (Å²) in [6.07, 6.45) is 1.50. The Labute approximate surface area is 154 Å². The molecule has 0 bridgehead atoms. The summed E-state index contributed by atoms with van der Waals surface area (Å²) >= 11 is 0. The minimum Gasteiger partial charge on any atom is -0.496 e. The Morgan fingerprint density at radius 3 is 2.54 bits per heavy atom. The molecular weight excluding hydrogens is 332 g/mol. The van der Waals surface area contributed by atoms with Crippen molar-refractivity contribution in [3.8, 4) is 11.6 Å². The van der Waals surface area contributed by atoms with Crippen molar-refractivity contribution in [2.24, 2.45) is 0 Å². The van der Waals surface area contributed by atoms with Crippen LogP contribution in [0.5, 0.6) is 11.6 Å². The maximum Gasteiger partial charge on any atom is 0.253 e. The first-order valence-electron chi connectivity index (χ1n) is 8.52. The quantitative estimate of drug-likeness (QED) is 0.734. The van der Waals surface area contributed by atoms with Crippen LogP contribution < -0.4 is 14.8 Å². The summed E-state index contributed by atoms with van der Waals surface area (Å²) in [6.45, 7) is 7.23. The van der Waals surface area contributed by atoms with Crippen LogP contribution in [0.4, 0.5) is 0 Å². The first-order chi connectivity index (χ1) is 12.4. The largest absolute Gasteiger partial charge is 0.496 e. The van der Waals surface area contributed by atoms with Gasteiger partial charge in [0.05, 0.1) is 24.9 Å². The van der Waals surface area contributed by atoms with E-state index in [2.05, 4.69) is 10.3 Å². The van der Waals surface area contributed by atoms with Crippen LogP contribution in [0.15, 0.2) is 42.6 Å². The van der Waals surface area contributed by atoms with Gasteiger partial charge in [-0.15, -0.1) is 0 Å². The first-order valence-corrected chi connectivity index (χ1v) is 8.52. The van der Waals surface area contributed by atoms with Crippen LogP contribution in [-0.2, 0) is 11.3 Å². The molecule has 0 aliphatic rings. The number of rotatable bonds is 8. The zero-order valence-electron chi connectivity index (χ0n) is 15.7. The standard InChI is InChI=1S/C20H26N2O4/c1-20(2,3)26-12-11-25-18-10-9-16(14-21-18)19(23)22-13-15-7-5-6-8-17(15)24-4/h5-10,14H,11-13H2,1-4H3,(H,22,23). The van der Waals surface area contributed by atoms with Gasteiger partial charge in [0.15, 0.2) is 0 Å². The zero-order valence-corrected chi connectivity index (χ0v) is 15.7. The molecule has 2 aromatic rings. The highest BCUT2D eigenvalue weighted by atomic mass is 16.5. The molecule has 1 N–H and O–H groups in total. The van der Waals surface area contributed by atoms with E-state index in [4.69, 9.17) is 14.2 Å². The molecule has 1 amide bonds. The van der Waals surface area contributed by atoms with Gasteiger partial charge in [0, 0.05) is 24.4 Å².